The number of hydrogen-bond acceptors (Lipinski definition) is 2. The molecule has 3 N–H and O–H groups in total. The number of hydrogen-bond donors (Lipinski definition) is 2. The van der Waals surface area contributed by atoms with Gasteiger partial charge in [-0.1, -0.05) is 15.9 Å². The number of aliphatic hydroxyl groups excluding tert-OH is 1. The average Bonchev–Trinajstić information content (AvgIpc) is 2.54. The highest BCUT2D eigenvalue weighted by Crippen LogP contribution is 2.28. The molecular formula is C11H13BrN2O. The molecule has 4 heteroatoms. The molecule has 0 fully saturated rings. The number of nitrogens with zero attached hydrogens (tertiary/aromatic N) is 1. The van der Waals surface area contributed by atoms with Gasteiger partial charge >= 0.3 is 0 Å². The quantitative estimate of drug-likeness (QED) is 0.875. The zero-order chi connectivity index (χ0) is 11.0. The zero-order valence-corrected chi connectivity index (χ0v) is 10.0. The Morgan fingerprint density at radius 3 is 2.93 bits per heavy atom. The first-order chi connectivity index (χ1) is 7.13. The summed E-state index contributed by atoms with van der Waals surface area (Å²) in [6.45, 7) is 0.242. The summed E-state index contributed by atoms with van der Waals surface area (Å²) in [6, 6.07) is 6.01. The van der Waals surface area contributed by atoms with Gasteiger partial charge in [0.1, 0.15) is 0 Å². The van der Waals surface area contributed by atoms with Gasteiger partial charge in [0.25, 0.3) is 0 Å². The summed E-state index contributed by atoms with van der Waals surface area (Å²) in [4.78, 5) is 0. The van der Waals surface area contributed by atoms with E-state index in [0.717, 1.165) is 20.9 Å². The SMILES string of the molecule is Cn1cc(C(O)CN)c2cc(Br)ccc21. The van der Waals surface area contributed by atoms with Gasteiger partial charge in [0.15, 0.2) is 0 Å². The number of fused-ring (bicyclic) bond motifs is 1. The smallest absolute Gasteiger partial charge is 0.0932 e. The van der Waals surface area contributed by atoms with Crippen LogP contribution in [0.1, 0.15) is 11.7 Å². The second kappa shape index (κ2) is 3.96. The maximum Gasteiger partial charge on any atom is 0.0932 e. The van der Waals surface area contributed by atoms with Crippen molar-refractivity contribution >= 4 is 26.8 Å². The molecule has 1 aromatic heterocycles. The lowest BCUT2D eigenvalue weighted by Gasteiger charge is -2.05. The fraction of sp³-hybridized carbons (Fsp3) is 0.273. The first-order valence-corrected chi connectivity index (χ1v) is 5.55. The molecule has 3 nitrogen and oxygen atoms in total. The Labute approximate surface area is 96.6 Å². The average molecular weight is 269 g/mol. The summed E-state index contributed by atoms with van der Waals surface area (Å²) >= 11 is 3.42. The van der Waals surface area contributed by atoms with E-state index in [-0.39, 0.29) is 6.54 Å². The zero-order valence-electron chi connectivity index (χ0n) is 8.44. The summed E-state index contributed by atoms with van der Waals surface area (Å²) in [5.41, 5.74) is 7.45. The molecule has 0 saturated heterocycles. The van der Waals surface area contributed by atoms with Crippen molar-refractivity contribution < 1.29 is 5.11 Å². The Kier molecular flexibility index (Phi) is 2.82. The third kappa shape index (κ3) is 1.80. The van der Waals surface area contributed by atoms with Gasteiger partial charge in [0.05, 0.1) is 6.10 Å². The van der Waals surface area contributed by atoms with Crippen LogP contribution in [0.2, 0.25) is 0 Å². The molecule has 2 rings (SSSR count). The van der Waals surface area contributed by atoms with Crippen LogP contribution in [0, 0.1) is 0 Å². The van der Waals surface area contributed by atoms with Crippen molar-refractivity contribution in [2.24, 2.45) is 12.8 Å². The van der Waals surface area contributed by atoms with E-state index in [4.69, 9.17) is 5.73 Å². The fourth-order valence-electron chi connectivity index (χ4n) is 1.79. The van der Waals surface area contributed by atoms with Gasteiger partial charge in [-0.05, 0) is 18.2 Å². The van der Waals surface area contributed by atoms with E-state index >= 15 is 0 Å². The Morgan fingerprint density at radius 2 is 2.27 bits per heavy atom. The highest BCUT2D eigenvalue weighted by Gasteiger charge is 2.13. The van der Waals surface area contributed by atoms with Crippen LogP contribution in [0.15, 0.2) is 28.9 Å². The summed E-state index contributed by atoms with van der Waals surface area (Å²) in [6.07, 6.45) is 1.33. The van der Waals surface area contributed by atoms with Crippen molar-refractivity contribution in [2.75, 3.05) is 6.54 Å². The van der Waals surface area contributed by atoms with E-state index in [1.807, 2.05) is 36.0 Å². The fourth-order valence-corrected chi connectivity index (χ4v) is 2.15. The second-order valence-corrected chi connectivity index (χ2v) is 4.52. The van der Waals surface area contributed by atoms with Gasteiger partial charge in [-0.25, -0.2) is 0 Å². The van der Waals surface area contributed by atoms with Gasteiger partial charge < -0.3 is 15.4 Å². The van der Waals surface area contributed by atoms with Crippen molar-refractivity contribution in [1.82, 2.24) is 4.57 Å². The molecule has 0 bridgehead atoms. The molecule has 0 aliphatic rings. The van der Waals surface area contributed by atoms with E-state index in [2.05, 4.69) is 15.9 Å². The molecule has 1 atom stereocenters. The van der Waals surface area contributed by atoms with Crippen LogP contribution in [-0.2, 0) is 7.05 Å². The van der Waals surface area contributed by atoms with E-state index in [1.165, 1.54) is 0 Å². The van der Waals surface area contributed by atoms with Crippen LogP contribution in [0.25, 0.3) is 10.9 Å². The number of rotatable bonds is 2. The lowest BCUT2D eigenvalue weighted by molar-refractivity contribution is 0.188. The molecular weight excluding hydrogens is 256 g/mol. The van der Waals surface area contributed by atoms with Crippen molar-refractivity contribution in [1.29, 1.82) is 0 Å². The largest absolute Gasteiger partial charge is 0.387 e. The Bertz CT molecular complexity index is 493. The molecule has 0 aliphatic heterocycles. The van der Waals surface area contributed by atoms with E-state index in [9.17, 15) is 5.11 Å². The van der Waals surface area contributed by atoms with Crippen LogP contribution in [0.3, 0.4) is 0 Å². The van der Waals surface area contributed by atoms with Crippen molar-refractivity contribution in [3.05, 3.63) is 34.4 Å². The van der Waals surface area contributed by atoms with E-state index in [0.29, 0.717) is 0 Å². The number of aromatic nitrogens is 1. The minimum Gasteiger partial charge on any atom is -0.387 e. The summed E-state index contributed by atoms with van der Waals surface area (Å²) in [5, 5.41) is 10.8. The Balaban J connectivity index is 2.69. The van der Waals surface area contributed by atoms with Crippen LogP contribution in [-0.4, -0.2) is 16.2 Å². The van der Waals surface area contributed by atoms with Crippen LogP contribution < -0.4 is 5.73 Å². The number of benzene rings is 1. The third-order valence-electron chi connectivity index (χ3n) is 2.56. The molecule has 1 heterocycles. The van der Waals surface area contributed by atoms with Crippen LogP contribution in [0.5, 0.6) is 0 Å². The standard InChI is InChI=1S/C11H13BrN2O/c1-14-6-9(11(15)5-13)8-4-7(12)2-3-10(8)14/h2-4,6,11,15H,5,13H2,1H3. The molecule has 0 amide bonds. The minimum absolute atomic E-state index is 0.242. The Hall–Kier alpha value is -0.840. The van der Waals surface area contributed by atoms with Gasteiger partial charge in [-0.2, -0.15) is 0 Å². The lowest BCUT2D eigenvalue weighted by Crippen LogP contribution is -2.10. The molecule has 1 aromatic carbocycles. The number of nitrogens with two attached hydrogens (primary N) is 1. The number of halogens is 1. The molecule has 15 heavy (non-hydrogen) atoms. The second-order valence-electron chi connectivity index (χ2n) is 3.61. The maximum atomic E-state index is 9.78. The first-order valence-electron chi connectivity index (χ1n) is 4.76. The monoisotopic (exact) mass is 268 g/mol. The van der Waals surface area contributed by atoms with Gasteiger partial charge in [0, 0.05) is 40.7 Å². The Morgan fingerprint density at radius 1 is 1.53 bits per heavy atom. The highest BCUT2D eigenvalue weighted by atomic mass is 79.9. The predicted molar refractivity (Wildman–Crippen MR) is 64.6 cm³/mol. The molecule has 0 radical (unpaired) electrons. The molecule has 80 valence electrons. The van der Waals surface area contributed by atoms with Crippen molar-refractivity contribution in [3.63, 3.8) is 0 Å². The van der Waals surface area contributed by atoms with Crippen LogP contribution >= 0.6 is 15.9 Å². The molecule has 0 aliphatic carbocycles. The normalized spacial score (nSPS) is 13.3. The third-order valence-corrected chi connectivity index (χ3v) is 3.06. The maximum absolute atomic E-state index is 9.78. The van der Waals surface area contributed by atoms with Crippen molar-refractivity contribution in [2.45, 2.75) is 6.10 Å². The summed E-state index contributed by atoms with van der Waals surface area (Å²) in [5.74, 6) is 0. The molecule has 2 aromatic rings. The van der Waals surface area contributed by atoms with Crippen molar-refractivity contribution in [3.8, 4) is 0 Å². The highest BCUT2D eigenvalue weighted by molar-refractivity contribution is 9.10. The summed E-state index contributed by atoms with van der Waals surface area (Å²) < 4.78 is 3.00. The van der Waals surface area contributed by atoms with Gasteiger partial charge in [0.2, 0.25) is 0 Å². The van der Waals surface area contributed by atoms with Gasteiger partial charge in [-0.15, -0.1) is 0 Å². The number of aliphatic hydroxyl groups is 1. The number of aryl methyl sites for hydroxylation is 1. The minimum atomic E-state index is -0.594. The van der Waals surface area contributed by atoms with Gasteiger partial charge in [-0.3, -0.25) is 0 Å². The summed E-state index contributed by atoms with van der Waals surface area (Å²) in [7, 11) is 1.96. The molecule has 0 spiro atoms. The van der Waals surface area contributed by atoms with E-state index < -0.39 is 6.10 Å². The van der Waals surface area contributed by atoms with Crippen LogP contribution in [0.4, 0.5) is 0 Å². The molecule has 0 saturated carbocycles. The van der Waals surface area contributed by atoms with E-state index in [1.54, 1.807) is 0 Å². The first kappa shape index (κ1) is 10.7. The topological polar surface area (TPSA) is 51.2 Å². The predicted octanol–water partition coefficient (Wildman–Crippen LogP) is 1.93. The lowest BCUT2D eigenvalue weighted by atomic mass is 10.1. The molecule has 1 unspecified atom stereocenters.